The summed E-state index contributed by atoms with van der Waals surface area (Å²) in [4.78, 5) is 4.23. The first-order chi connectivity index (χ1) is 8.60. The van der Waals surface area contributed by atoms with Gasteiger partial charge in [0, 0.05) is 25.9 Å². The van der Waals surface area contributed by atoms with E-state index >= 15 is 0 Å². The lowest BCUT2D eigenvalue weighted by molar-refractivity contribution is 0.289. The Bertz CT molecular complexity index is 554. The van der Waals surface area contributed by atoms with Crippen LogP contribution in [0, 0.1) is 11.6 Å². The lowest BCUT2D eigenvalue weighted by Gasteiger charge is -2.06. The lowest BCUT2D eigenvalue weighted by Crippen LogP contribution is -2.03. The molecule has 18 heavy (non-hydrogen) atoms. The molecule has 0 radical (unpaired) electrons. The number of rotatable bonds is 4. The first-order valence-corrected chi connectivity index (χ1v) is 5.39. The van der Waals surface area contributed by atoms with Gasteiger partial charge in [-0.05, 0) is 12.1 Å². The van der Waals surface area contributed by atoms with Gasteiger partial charge in [0.25, 0.3) is 0 Å². The smallest absolute Gasteiger partial charge is 0.162 e. The van der Waals surface area contributed by atoms with E-state index in [4.69, 9.17) is 10.5 Å². The fourth-order valence-corrected chi connectivity index (χ4v) is 1.52. The highest BCUT2D eigenvalue weighted by Crippen LogP contribution is 2.16. The molecule has 2 rings (SSSR count). The molecule has 1 heterocycles. The van der Waals surface area contributed by atoms with E-state index in [0.717, 1.165) is 17.8 Å². The van der Waals surface area contributed by atoms with Gasteiger partial charge in [-0.2, -0.15) is 0 Å². The van der Waals surface area contributed by atoms with Crippen LogP contribution in [0.25, 0.3) is 0 Å². The van der Waals surface area contributed by atoms with Crippen LogP contribution in [0.15, 0.2) is 24.4 Å². The number of hydrogen-bond acceptors (Lipinski definition) is 3. The molecule has 0 amide bonds. The molecular weight excluding hydrogens is 240 g/mol. The SMILES string of the molecule is Cn1cc(CN)nc1COc1ccc(F)c(F)c1. The van der Waals surface area contributed by atoms with Crippen LogP contribution in [-0.4, -0.2) is 9.55 Å². The molecule has 0 bridgehead atoms. The Hall–Kier alpha value is -1.95. The van der Waals surface area contributed by atoms with Crippen molar-refractivity contribution in [1.29, 1.82) is 0 Å². The second kappa shape index (κ2) is 5.14. The number of aromatic nitrogens is 2. The van der Waals surface area contributed by atoms with Gasteiger partial charge in [-0.25, -0.2) is 13.8 Å². The van der Waals surface area contributed by atoms with E-state index < -0.39 is 11.6 Å². The van der Waals surface area contributed by atoms with Crippen molar-refractivity contribution >= 4 is 0 Å². The summed E-state index contributed by atoms with van der Waals surface area (Å²) in [6.45, 7) is 0.514. The third kappa shape index (κ3) is 2.65. The van der Waals surface area contributed by atoms with Crippen molar-refractivity contribution < 1.29 is 13.5 Å². The normalized spacial score (nSPS) is 10.7. The number of nitrogens with two attached hydrogens (primary N) is 1. The van der Waals surface area contributed by atoms with Crippen molar-refractivity contribution in [2.45, 2.75) is 13.2 Å². The number of nitrogens with zero attached hydrogens (tertiary/aromatic N) is 2. The van der Waals surface area contributed by atoms with Crippen LogP contribution < -0.4 is 10.5 Å². The average Bonchev–Trinajstić information content (AvgIpc) is 2.72. The molecule has 96 valence electrons. The van der Waals surface area contributed by atoms with E-state index in [0.29, 0.717) is 12.4 Å². The molecule has 2 aromatic rings. The molecule has 1 aromatic heterocycles. The zero-order valence-corrected chi connectivity index (χ0v) is 9.86. The third-order valence-electron chi connectivity index (χ3n) is 2.49. The zero-order valence-electron chi connectivity index (χ0n) is 9.86. The van der Waals surface area contributed by atoms with E-state index in [1.807, 2.05) is 7.05 Å². The minimum absolute atomic E-state index is 0.168. The van der Waals surface area contributed by atoms with Crippen LogP contribution in [0.2, 0.25) is 0 Å². The molecule has 0 atom stereocenters. The average molecular weight is 253 g/mol. The summed E-state index contributed by atoms with van der Waals surface area (Å²) < 4.78 is 32.8. The van der Waals surface area contributed by atoms with E-state index in [1.165, 1.54) is 6.07 Å². The van der Waals surface area contributed by atoms with Crippen LogP contribution in [0.1, 0.15) is 11.5 Å². The first-order valence-electron chi connectivity index (χ1n) is 5.39. The van der Waals surface area contributed by atoms with E-state index in [-0.39, 0.29) is 12.4 Å². The molecule has 4 nitrogen and oxygen atoms in total. The van der Waals surface area contributed by atoms with Crippen molar-refractivity contribution in [3.8, 4) is 5.75 Å². The van der Waals surface area contributed by atoms with E-state index in [2.05, 4.69) is 4.98 Å². The van der Waals surface area contributed by atoms with Gasteiger partial charge in [-0.15, -0.1) is 0 Å². The van der Waals surface area contributed by atoms with Crippen LogP contribution in [0.3, 0.4) is 0 Å². The summed E-state index contributed by atoms with van der Waals surface area (Å²) in [6.07, 6.45) is 1.80. The second-order valence-corrected chi connectivity index (χ2v) is 3.83. The Morgan fingerprint density at radius 3 is 2.72 bits per heavy atom. The standard InChI is InChI=1S/C12H13F2N3O/c1-17-6-8(5-15)16-12(17)7-18-9-2-3-10(13)11(14)4-9/h2-4,6H,5,7,15H2,1H3. The Morgan fingerprint density at radius 2 is 2.11 bits per heavy atom. The highest BCUT2D eigenvalue weighted by atomic mass is 19.2. The Balaban J connectivity index is 2.06. The topological polar surface area (TPSA) is 53.1 Å². The summed E-state index contributed by atoms with van der Waals surface area (Å²) in [6, 6.07) is 3.39. The van der Waals surface area contributed by atoms with Crippen molar-refractivity contribution in [1.82, 2.24) is 9.55 Å². The van der Waals surface area contributed by atoms with Gasteiger partial charge in [0.05, 0.1) is 5.69 Å². The number of ether oxygens (including phenoxy) is 1. The van der Waals surface area contributed by atoms with Crippen LogP contribution in [0.5, 0.6) is 5.75 Å². The Morgan fingerprint density at radius 1 is 1.33 bits per heavy atom. The maximum atomic E-state index is 13.0. The van der Waals surface area contributed by atoms with Gasteiger partial charge in [-0.1, -0.05) is 0 Å². The van der Waals surface area contributed by atoms with Crippen LogP contribution in [0.4, 0.5) is 8.78 Å². The minimum Gasteiger partial charge on any atom is -0.486 e. The van der Waals surface area contributed by atoms with Gasteiger partial charge in [0.15, 0.2) is 11.6 Å². The molecule has 0 aliphatic carbocycles. The molecule has 0 spiro atoms. The van der Waals surface area contributed by atoms with Crippen molar-refractivity contribution in [2.24, 2.45) is 12.8 Å². The van der Waals surface area contributed by atoms with Crippen LogP contribution >= 0.6 is 0 Å². The monoisotopic (exact) mass is 253 g/mol. The van der Waals surface area contributed by atoms with Gasteiger partial charge < -0.3 is 15.0 Å². The van der Waals surface area contributed by atoms with Crippen molar-refractivity contribution in [2.75, 3.05) is 0 Å². The summed E-state index contributed by atoms with van der Waals surface area (Å²) in [5.41, 5.74) is 6.22. The fourth-order valence-electron chi connectivity index (χ4n) is 1.52. The zero-order chi connectivity index (χ0) is 13.1. The minimum atomic E-state index is -0.935. The second-order valence-electron chi connectivity index (χ2n) is 3.83. The Labute approximate surface area is 103 Å². The summed E-state index contributed by atoms with van der Waals surface area (Å²) >= 11 is 0. The molecule has 1 aromatic carbocycles. The van der Waals surface area contributed by atoms with Gasteiger partial charge in [0.1, 0.15) is 18.2 Å². The number of aryl methyl sites for hydroxylation is 1. The maximum Gasteiger partial charge on any atom is 0.162 e. The predicted octanol–water partition coefficient (Wildman–Crippen LogP) is 1.74. The van der Waals surface area contributed by atoms with E-state index in [1.54, 1.807) is 10.8 Å². The number of benzene rings is 1. The van der Waals surface area contributed by atoms with Crippen LogP contribution in [-0.2, 0) is 20.2 Å². The molecule has 0 fully saturated rings. The summed E-state index contributed by atoms with van der Waals surface area (Å²) in [5.74, 6) is -0.911. The van der Waals surface area contributed by atoms with E-state index in [9.17, 15) is 8.78 Å². The molecule has 6 heteroatoms. The van der Waals surface area contributed by atoms with Crippen molar-refractivity contribution in [3.63, 3.8) is 0 Å². The van der Waals surface area contributed by atoms with Crippen molar-refractivity contribution in [3.05, 3.63) is 47.5 Å². The summed E-state index contributed by atoms with van der Waals surface area (Å²) in [7, 11) is 1.82. The molecule has 0 saturated carbocycles. The molecular formula is C12H13F2N3O. The molecule has 2 N–H and O–H groups in total. The summed E-state index contributed by atoms with van der Waals surface area (Å²) in [5, 5.41) is 0. The largest absolute Gasteiger partial charge is 0.486 e. The molecule has 0 aliphatic rings. The molecule has 0 saturated heterocycles. The van der Waals surface area contributed by atoms with Gasteiger partial charge >= 0.3 is 0 Å². The number of halogens is 2. The quantitative estimate of drug-likeness (QED) is 0.903. The van der Waals surface area contributed by atoms with Gasteiger partial charge in [-0.3, -0.25) is 0 Å². The fraction of sp³-hybridized carbons (Fsp3) is 0.250. The Kier molecular flexibility index (Phi) is 3.57. The number of hydrogen-bond donors (Lipinski definition) is 1. The third-order valence-corrected chi connectivity index (χ3v) is 2.49. The first kappa shape index (κ1) is 12.5. The highest BCUT2D eigenvalue weighted by Gasteiger charge is 2.07. The van der Waals surface area contributed by atoms with Gasteiger partial charge in [0.2, 0.25) is 0 Å². The number of imidazole rings is 1. The predicted molar refractivity (Wildman–Crippen MR) is 61.8 cm³/mol. The highest BCUT2D eigenvalue weighted by molar-refractivity contribution is 5.23. The maximum absolute atomic E-state index is 13.0. The lowest BCUT2D eigenvalue weighted by atomic mass is 10.3. The molecule has 0 aliphatic heterocycles. The molecule has 0 unspecified atom stereocenters.